The summed E-state index contributed by atoms with van der Waals surface area (Å²) in [7, 11) is 1.69. The minimum atomic E-state index is 0.707. The van der Waals surface area contributed by atoms with E-state index in [9.17, 15) is 0 Å². The zero-order valence-corrected chi connectivity index (χ0v) is 12.7. The van der Waals surface area contributed by atoms with Crippen molar-refractivity contribution in [3.8, 4) is 11.8 Å². The van der Waals surface area contributed by atoms with Gasteiger partial charge in [0, 0.05) is 44.8 Å². The van der Waals surface area contributed by atoms with Crippen LogP contribution in [0, 0.1) is 17.2 Å². The summed E-state index contributed by atoms with van der Waals surface area (Å²) in [6, 6.07) is 7.88. The Labute approximate surface area is 126 Å². The number of rotatable bonds is 5. The molecule has 4 nitrogen and oxygen atoms in total. The summed E-state index contributed by atoms with van der Waals surface area (Å²) in [4.78, 5) is 5.06. The molecule has 0 N–H and O–H groups in total. The molecule has 1 aromatic rings. The number of piperazine rings is 1. The summed E-state index contributed by atoms with van der Waals surface area (Å²) in [6.45, 7) is 6.70. The summed E-state index contributed by atoms with van der Waals surface area (Å²) in [5.41, 5.74) is 1.82. The highest BCUT2D eigenvalue weighted by molar-refractivity contribution is 5.42. The van der Waals surface area contributed by atoms with Crippen LogP contribution in [0.1, 0.15) is 24.0 Å². The lowest BCUT2D eigenvalue weighted by Crippen LogP contribution is -2.46. The van der Waals surface area contributed by atoms with Crippen LogP contribution in [-0.4, -0.2) is 49.6 Å². The summed E-state index contributed by atoms with van der Waals surface area (Å²) in [5, 5.41) is 9.04. The number of hydrogen-bond donors (Lipinski definition) is 0. The summed E-state index contributed by atoms with van der Waals surface area (Å²) >= 11 is 0. The molecule has 1 aliphatic carbocycles. The lowest BCUT2D eigenvalue weighted by Gasteiger charge is -2.35. The Kier molecular flexibility index (Phi) is 4.42. The fourth-order valence-electron chi connectivity index (χ4n) is 3.01. The first-order chi connectivity index (χ1) is 10.3. The standard InChI is InChI=1S/C17H23N3O/c1-21-17-5-4-15(11-18)10-16(17)13-20-8-6-19(7-9-20)12-14-2-3-14/h4-5,10,14H,2-3,6-9,12-13H2,1H3. The van der Waals surface area contributed by atoms with E-state index in [-0.39, 0.29) is 0 Å². The number of benzene rings is 1. The highest BCUT2D eigenvalue weighted by Gasteiger charge is 2.26. The molecule has 0 atom stereocenters. The second-order valence-corrected chi connectivity index (χ2v) is 6.16. The second-order valence-electron chi connectivity index (χ2n) is 6.16. The predicted molar refractivity (Wildman–Crippen MR) is 82.2 cm³/mol. The van der Waals surface area contributed by atoms with Crippen LogP contribution in [0.2, 0.25) is 0 Å². The molecule has 0 aromatic heterocycles. The number of methoxy groups -OCH3 is 1. The Hall–Kier alpha value is -1.57. The average molecular weight is 285 g/mol. The predicted octanol–water partition coefficient (Wildman–Crippen LogP) is 2.09. The second kappa shape index (κ2) is 6.46. The third-order valence-electron chi connectivity index (χ3n) is 4.48. The first-order valence-electron chi connectivity index (χ1n) is 7.80. The molecular formula is C17H23N3O. The highest BCUT2D eigenvalue weighted by Crippen LogP contribution is 2.30. The Bertz CT molecular complexity index is 525. The van der Waals surface area contributed by atoms with Crippen LogP contribution in [0.4, 0.5) is 0 Å². The fraction of sp³-hybridized carbons (Fsp3) is 0.588. The van der Waals surface area contributed by atoms with Gasteiger partial charge >= 0.3 is 0 Å². The van der Waals surface area contributed by atoms with Crippen molar-refractivity contribution in [1.82, 2.24) is 9.80 Å². The zero-order valence-electron chi connectivity index (χ0n) is 12.7. The maximum absolute atomic E-state index is 9.04. The lowest BCUT2D eigenvalue weighted by atomic mass is 10.1. The molecule has 1 heterocycles. The number of hydrogen-bond acceptors (Lipinski definition) is 4. The zero-order chi connectivity index (χ0) is 14.7. The van der Waals surface area contributed by atoms with Gasteiger partial charge in [-0.15, -0.1) is 0 Å². The minimum Gasteiger partial charge on any atom is -0.496 e. The van der Waals surface area contributed by atoms with E-state index < -0.39 is 0 Å². The van der Waals surface area contributed by atoms with Gasteiger partial charge < -0.3 is 9.64 Å². The topological polar surface area (TPSA) is 39.5 Å². The van der Waals surface area contributed by atoms with E-state index >= 15 is 0 Å². The molecule has 1 saturated carbocycles. The first kappa shape index (κ1) is 14.4. The van der Waals surface area contributed by atoms with Gasteiger partial charge in [0.1, 0.15) is 5.75 Å². The van der Waals surface area contributed by atoms with Gasteiger partial charge in [-0.2, -0.15) is 5.26 Å². The van der Waals surface area contributed by atoms with Crippen molar-refractivity contribution >= 4 is 0 Å². The number of nitriles is 1. The molecule has 112 valence electrons. The molecular weight excluding hydrogens is 262 g/mol. The fourth-order valence-corrected chi connectivity index (χ4v) is 3.01. The van der Waals surface area contributed by atoms with E-state index in [0.29, 0.717) is 5.56 Å². The van der Waals surface area contributed by atoms with E-state index in [0.717, 1.165) is 50.0 Å². The number of nitrogens with zero attached hydrogens (tertiary/aromatic N) is 3. The van der Waals surface area contributed by atoms with E-state index in [2.05, 4.69) is 15.9 Å². The van der Waals surface area contributed by atoms with Crippen molar-refractivity contribution in [3.63, 3.8) is 0 Å². The van der Waals surface area contributed by atoms with E-state index in [1.54, 1.807) is 7.11 Å². The molecule has 1 saturated heterocycles. The lowest BCUT2D eigenvalue weighted by molar-refractivity contribution is 0.122. The Balaban J connectivity index is 1.58. The van der Waals surface area contributed by atoms with Gasteiger partial charge in [0.25, 0.3) is 0 Å². The van der Waals surface area contributed by atoms with Crippen molar-refractivity contribution in [2.75, 3.05) is 39.8 Å². The maximum atomic E-state index is 9.04. The van der Waals surface area contributed by atoms with Gasteiger partial charge in [-0.3, -0.25) is 4.90 Å². The summed E-state index contributed by atoms with van der Waals surface area (Å²) in [6.07, 6.45) is 2.86. The van der Waals surface area contributed by atoms with Gasteiger partial charge in [0.15, 0.2) is 0 Å². The molecule has 4 heteroatoms. The maximum Gasteiger partial charge on any atom is 0.123 e. The normalized spacial score (nSPS) is 20.2. The van der Waals surface area contributed by atoms with Crippen molar-refractivity contribution in [1.29, 1.82) is 5.26 Å². The molecule has 0 spiro atoms. The van der Waals surface area contributed by atoms with Crippen molar-refractivity contribution in [2.24, 2.45) is 5.92 Å². The third-order valence-corrected chi connectivity index (χ3v) is 4.48. The molecule has 3 rings (SSSR count). The number of ether oxygens (including phenoxy) is 1. The summed E-state index contributed by atoms with van der Waals surface area (Å²) in [5.74, 6) is 1.86. The van der Waals surface area contributed by atoms with Gasteiger partial charge in [-0.1, -0.05) is 0 Å². The average Bonchev–Trinajstić information content (AvgIpc) is 3.33. The van der Waals surface area contributed by atoms with Crippen LogP contribution < -0.4 is 4.74 Å². The quantitative estimate of drug-likeness (QED) is 0.830. The largest absolute Gasteiger partial charge is 0.496 e. The van der Waals surface area contributed by atoms with Crippen LogP contribution in [-0.2, 0) is 6.54 Å². The highest BCUT2D eigenvalue weighted by atomic mass is 16.5. The van der Waals surface area contributed by atoms with Gasteiger partial charge in [0.2, 0.25) is 0 Å². The van der Waals surface area contributed by atoms with Crippen molar-refractivity contribution in [3.05, 3.63) is 29.3 Å². The molecule has 0 bridgehead atoms. The SMILES string of the molecule is COc1ccc(C#N)cc1CN1CCN(CC2CC2)CC1. The molecule has 2 aliphatic rings. The molecule has 2 fully saturated rings. The Morgan fingerprint density at radius 3 is 2.52 bits per heavy atom. The van der Waals surface area contributed by atoms with Crippen LogP contribution in [0.15, 0.2) is 18.2 Å². The first-order valence-corrected chi connectivity index (χ1v) is 7.80. The van der Waals surface area contributed by atoms with Gasteiger partial charge in [0.05, 0.1) is 18.7 Å². The van der Waals surface area contributed by atoms with Gasteiger partial charge in [-0.25, -0.2) is 0 Å². The Morgan fingerprint density at radius 1 is 1.19 bits per heavy atom. The molecule has 0 amide bonds. The van der Waals surface area contributed by atoms with E-state index in [4.69, 9.17) is 10.00 Å². The van der Waals surface area contributed by atoms with Crippen molar-refractivity contribution in [2.45, 2.75) is 19.4 Å². The molecule has 1 aliphatic heterocycles. The minimum absolute atomic E-state index is 0.707. The van der Waals surface area contributed by atoms with Crippen LogP contribution in [0.3, 0.4) is 0 Å². The van der Waals surface area contributed by atoms with Crippen LogP contribution in [0.5, 0.6) is 5.75 Å². The van der Waals surface area contributed by atoms with Gasteiger partial charge in [-0.05, 0) is 37.0 Å². The monoisotopic (exact) mass is 285 g/mol. The summed E-state index contributed by atoms with van der Waals surface area (Å²) < 4.78 is 5.42. The smallest absolute Gasteiger partial charge is 0.123 e. The molecule has 0 unspecified atom stereocenters. The third kappa shape index (κ3) is 3.75. The van der Waals surface area contributed by atoms with Crippen molar-refractivity contribution < 1.29 is 4.74 Å². The Morgan fingerprint density at radius 2 is 1.90 bits per heavy atom. The molecule has 21 heavy (non-hydrogen) atoms. The van der Waals surface area contributed by atoms with Crippen LogP contribution >= 0.6 is 0 Å². The van der Waals surface area contributed by atoms with E-state index in [1.807, 2.05) is 18.2 Å². The van der Waals surface area contributed by atoms with E-state index in [1.165, 1.54) is 19.4 Å². The van der Waals surface area contributed by atoms with Crippen LogP contribution in [0.25, 0.3) is 0 Å². The molecule has 1 aromatic carbocycles. The molecule has 0 radical (unpaired) electrons.